The van der Waals surface area contributed by atoms with Gasteiger partial charge in [0.05, 0.1) is 18.8 Å². The Morgan fingerprint density at radius 2 is 1.93 bits per heavy atom. The first-order valence-corrected chi connectivity index (χ1v) is 11.0. The average molecular weight is 505 g/mol. The van der Waals surface area contributed by atoms with Crippen molar-refractivity contribution >= 4 is 28.5 Å². The van der Waals surface area contributed by atoms with E-state index in [2.05, 4.69) is 72.0 Å². The molecular formula is C24H28INO3. The normalized spacial score (nSPS) is 18.5. The highest BCUT2D eigenvalue weighted by molar-refractivity contribution is 14.1. The standard InChI is InChI=1S/C24H28INO3/c1-17(24(29-2)18-10-12-21(25)13-11-18)6-5-9-23(28)26-15-20-8-4-3-7-19(20)14-22(26)16-27/h3-8,10-13,17,22,24,27H,9,14-16H2,1-2H3/b6-5+/t17-,22+,24+/m1/s1. The van der Waals surface area contributed by atoms with Crippen LogP contribution in [0.5, 0.6) is 0 Å². The molecule has 0 saturated carbocycles. The van der Waals surface area contributed by atoms with Gasteiger partial charge in [0, 0.05) is 29.6 Å². The Morgan fingerprint density at radius 3 is 2.59 bits per heavy atom. The Kier molecular flexibility index (Phi) is 7.86. The lowest BCUT2D eigenvalue weighted by Gasteiger charge is -2.36. The van der Waals surface area contributed by atoms with E-state index in [0.29, 0.717) is 19.4 Å². The van der Waals surface area contributed by atoms with Gasteiger partial charge in [-0.05, 0) is 57.8 Å². The monoisotopic (exact) mass is 505 g/mol. The number of rotatable bonds is 7. The first-order valence-electron chi connectivity index (χ1n) is 9.95. The molecule has 0 unspecified atom stereocenters. The molecule has 0 bridgehead atoms. The van der Waals surface area contributed by atoms with Gasteiger partial charge in [-0.15, -0.1) is 0 Å². The predicted octanol–water partition coefficient (Wildman–Crippen LogP) is 4.51. The fourth-order valence-electron chi connectivity index (χ4n) is 3.95. The van der Waals surface area contributed by atoms with E-state index in [1.165, 1.54) is 14.7 Å². The van der Waals surface area contributed by atoms with Gasteiger partial charge in [0.15, 0.2) is 0 Å². The van der Waals surface area contributed by atoms with Crippen molar-refractivity contribution in [1.29, 1.82) is 0 Å². The quantitative estimate of drug-likeness (QED) is 0.445. The van der Waals surface area contributed by atoms with Gasteiger partial charge >= 0.3 is 0 Å². The smallest absolute Gasteiger partial charge is 0.227 e. The van der Waals surface area contributed by atoms with Gasteiger partial charge in [0.1, 0.15) is 0 Å². The van der Waals surface area contributed by atoms with Crippen LogP contribution in [0, 0.1) is 9.49 Å². The number of aliphatic hydroxyl groups is 1. The summed E-state index contributed by atoms with van der Waals surface area (Å²) in [4.78, 5) is 14.6. The first-order chi connectivity index (χ1) is 14.0. The van der Waals surface area contributed by atoms with Crippen LogP contribution < -0.4 is 0 Å². The second-order valence-corrected chi connectivity index (χ2v) is 8.78. The van der Waals surface area contributed by atoms with Crippen molar-refractivity contribution in [2.75, 3.05) is 13.7 Å². The van der Waals surface area contributed by atoms with Crippen molar-refractivity contribution in [1.82, 2.24) is 4.90 Å². The van der Waals surface area contributed by atoms with E-state index in [-0.39, 0.29) is 30.6 Å². The summed E-state index contributed by atoms with van der Waals surface area (Å²) in [5.74, 6) is 0.189. The zero-order valence-electron chi connectivity index (χ0n) is 16.9. The van der Waals surface area contributed by atoms with E-state index in [0.717, 1.165) is 5.56 Å². The predicted molar refractivity (Wildman–Crippen MR) is 123 cm³/mol. The summed E-state index contributed by atoms with van der Waals surface area (Å²) in [6.07, 6.45) is 4.96. The first kappa shape index (κ1) is 22.0. The molecule has 0 spiro atoms. The molecule has 154 valence electrons. The molecule has 0 aromatic heterocycles. The molecule has 1 heterocycles. The molecule has 0 radical (unpaired) electrons. The molecule has 3 rings (SSSR count). The maximum Gasteiger partial charge on any atom is 0.227 e. The number of hydrogen-bond acceptors (Lipinski definition) is 3. The number of methoxy groups -OCH3 is 1. The molecule has 2 aromatic carbocycles. The molecule has 0 aliphatic carbocycles. The highest BCUT2D eigenvalue weighted by Crippen LogP contribution is 2.28. The zero-order valence-corrected chi connectivity index (χ0v) is 19.1. The maximum absolute atomic E-state index is 12.8. The third kappa shape index (κ3) is 5.47. The molecule has 2 aromatic rings. The molecule has 5 heteroatoms. The average Bonchev–Trinajstić information content (AvgIpc) is 2.74. The van der Waals surface area contributed by atoms with Crippen molar-refractivity contribution < 1.29 is 14.6 Å². The molecule has 1 amide bonds. The van der Waals surface area contributed by atoms with Gasteiger partial charge in [-0.2, -0.15) is 0 Å². The van der Waals surface area contributed by atoms with Crippen molar-refractivity contribution in [3.8, 4) is 0 Å². The maximum atomic E-state index is 12.8. The minimum atomic E-state index is -0.151. The van der Waals surface area contributed by atoms with Gasteiger partial charge in [-0.25, -0.2) is 0 Å². The van der Waals surface area contributed by atoms with Crippen LogP contribution in [0.3, 0.4) is 0 Å². The minimum absolute atomic E-state index is 0.0151. The Bertz CT molecular complexity index is 849. The number of nitrogens with zero attached hydrogens (tertiary/aromatic N) is 1. The van der Waals surface area contributed by atoms with Crippen LogP contribution in [-0.4, -0.2) is 35.7 Å². The molecule has 0 saturated heterocycles. The lowest BCUT2D eigenvalue weighted by atomic mass is 9.94. The number of carbonyl (C=O) groups excluding carboxylic acids is 1. The van der Waals surface area contributed by atoms with Crippen LogP contribution in [0.4, 0.5) is 0 Å². The molecule has 4 nitrogen and oxygen atoms in total. The van der Waals surface area contributed by atoms with Crippen molar-refractivity contribution in [2.24, 2.45) is 5.92 Å². The Labute approximate surface area is 186 Å². The number of fused-ring (bicyclic) bond motifs is 1. The van der Waals surface area contributed by atoms with Crippen LogP contribution in [0.1, 0.15) is 36.1 Å². The molecule has 3 atom stereocenters. The lowest BCUT2D eigenvalue weighted by Crippen LogP contribution is -2.46. The number of carbonyl (C=O) groups is 1. The third-order valence-corrected chi connectivity index (χ3v) is 6.27. The Morgan fingerprint density at radius 1 is 1.24 bits per heavy atom. The number of hydrogen-bond donors (Lipinski definition) is 1. The topological polar surface area (TPSA) is 49.8 Å². The van der Waals surface area contributed by atoms with Crippen LogP contribution in [0.25, 0.3) is 0 Å². The summed E-state index contributed by atoms with van der Waals surface area (Å²) in [6, 6.07) is 16.3. The number of aliphatic hydroxyl groups excluding tert-OH is 1. The van der Waals surface area contributed by atoms with Crippen molar-refractivity contribution in [3.63, 3.8) is 0 Å². The molecule has 0 fully saturated rings. The van der Waals surface area contributed by atoms with E-state index < -0.39 is 0 Å². The highest BCUT2D eigenvalue weighted by atomic mass is 127. The van der Waals surface area contributed by atoms with E-state index in [4.69, 9.17) is 4.74 Å². The summed E-state index contributed by atoms with van der Waals surface area (Å²) in [6.45, 7) is 2.65. The van der Waals surface area contributed by atoms with Gasteiger partial charge < -0.3 is 14.7 Å². The summed E-state index contributed by atoms with van der Waals surface area (Å²) in [5.41, 5.74) is 3.52. The van der Waals surface area contributed by atoms with E-state index in [1.807, 2.05) is 23.1 Å². The van der Waals surface area contributed by atoms with E-state index >= 15 is 0 Å². The second-order valence-electron chi connectivity index (χ2n) is 7.53. The third-order valence-electron chi connectivity index (χ3n) is 5.55. The van der Waals surface area contributed by atoms with Gasteiger partial charge in [0.2, 0.25) is 5.91 Å². The van der Waals surface area contributed by atoms with Gasteiger partial charge in [0.25, 0.3) is 0 Å². The summed E-state index contributed by atoms with van der Waals surface area (Å²) in [7, 11) is 1.72. The summed E-state index contributed by atoms with van der Waals surface area (Å²) < 4.78 is 6.89. The lowest BCUT2D eigenvalue weighted by molar-refractivity contribution is -0.134. The summed E-state index contributed by atoms with van der Waals surface area (Å²) in [5, 5.41) is 9.77. The second kappa shape index (κ2) is 10.4. The van der Waals surface area contributed by atoms with Gasteiger partial charge in [-0.3, -0.25) is 4.79 Å². The fraction of sp³-hybridized carbons (Fsp3) is 0.375. The summed E-state index contributed by atoms with van der Waals surface area (Å²) >= 11 is 2.29. The number of ether oxygens (including phenoxy) is 1. The number of halogens is 1. The minimum Gasteiger partial charge on any atom is -0.394 e. The molecule has 1 N–H and O–H groups in total. The Balaban J connectivity index is 1.63. The number of benzene rings is 2. The Hall–Kier alpha value is -1.70. The molecular weight excluding hydrogens is 477 g/mol. The van der Waals surface area contributed by atoms with Crippen LogP contribution in [-0.2, 0) is 22.5 Å². The van der Waals surface area contributed by atoms with Crippen LogP contribution in [0.2, 0.25) is 0 Å². The van der Waals surface area contributed by atoms with Gasteiger partial charge in [-0.1, -0.05) is 55.5 Å². The zero-order chi connectivity index (χ0) is 20.8. The fourth-order valence-corrected chi connectivity index (χ4v) is 4.31. The molecule has 1 aliphatic heterocycles. The highest BCUT2D eigenvalue weighted by Gasteiger charge is 2.28. The van der Waals surface area contributed by atoms with Crippen LogP contribution >= 0.6 is 22.6 Å². The molecule has 29 heavy (non-hydrogen) atoms. The largest absolute Gasteiger partial charge is 0.394 e. The number of amides is 1. The van der Waals surface area contributed by atoms with Crippen molar-refractivity contribution in [3.05, 3.63) is 80.9 Å². The SMILES string of the molecule is CO[C@H](c1ccc(I)cc1)[C@H](C)/C=C/CC(=O)N1Cc2ccccc2C[C@H]1CO. The molecule has 1 aliphatic rings. The van der Waals surface area contributed by atoms with E-state index in [1.54, 1.807) is 7.11 Å². The van der Waals surface area contributed by atoms with E-state index in [9.17, 15) is 9.90 Å². The van der Waals surface area contributed by atoms with Crippen LogP contribution in [0.15, 0.2) is 60.7 Å². The van der Waals surface area contributed by atoms with Crippen molar-refractivity contribution in [2.45, 2.75) is 38.5 Å².